The molecule has 0 fully saturated rings. The van der Waals surface area contributed by atoms with Crippen molar-refractivity contribution in [2.24, 2.45) is 0 Å². The number of carbonyl (C=O) groups excluding carboxylic acids is 1. The molecule has 1 aromatic carbocycles. The number of carbonyl (C=O) groups is 1. The van der Waals surface area contributed by atoms with Gasteiger partial charge < -0.3 is 10.6 Å². The van der Waals surface area contributed by atoms with Crippen molar-refractivity contribution in [2.75, 3.05) is 11.9 Å². The molecule has 0 spiro atoms. The maximum atomic E-state index is 12.1. The molecule has 0 atom stereocenters. The standard InChI is InChI=1S/C15H14ClN3O/c16-14-8-11(4-6-18-14)15(20)19-13-2-1-10-3-5-17-9-12(10)7-13/h1-2,4,6-8,17H,3,5,9H2,(H,19,20). The van der Waals surface area contributed by atoms with E-state index in [-0.39, 0.29) is 5.91 Å². The van der Waals surface area contributed by atoms with E-state index in [1.54, 1.807) is 12.1 Å². The summed E-state index contributed by atoms with van der Waals surface area (Å²) in [5, 5.41) is 6.52. The van der Waals surface area contributed by atoms with Crippen molar-refractivity contribution < 1.29 is 4.79 Å². The molecule has 0 aliphatic carbocycles. The van der Waals surface area contributed by atoms with Gasteiger partial charge in [0.2, 0.25) is 0 Å². The van der Waals surface area contributed by atoms with Crippen LogP contribution >= 0.6 is 11.6 Å². The van der Waals surface area contributed by atoms with E-state index in [0.717, 1.165) is 25.2 Å². The quantitative estimate of drug-likeness (QED) is 0.835. The van der Waals surface area contributed by atoms with Crippen LogP contribution in [-0.4, -0.2) is 17.4 Å². The SMILES string of the molecule is O=C(Nc1ccc2c(c1)CNCC2)c1ccnc(Cl)c1. The third-order valence-corrected chi connectivity index (χ3v) is 3.55. The first-order valence-electron chi connectivity index (χ1n) is 6.48. The molecule has 3 rings (SSSR count). The number of halogens is 1. The molecular weight excluding hydrogens is 274 g/mol. The average molecular weight is 288 g/mol. The summed E-state index contributed by atoms with van der Waals surface area (Å²) in [5.41, 5.74) is 3.88. The Bertz CT molecular complexity index is 657. The van der Waals surface area contributed by atoms with Gasteiger partial charge in [-0.25, -0.2) is 4.98 Å². The highest BCUT2D eigenvalue weighted by atomic mass is 35.5. The van der Waals surface area contributed by atoms with Gasteiger partial charge in [0.1, 0.15) is 5.15 Å². The molecule has 1 amide bonds. The van der Waals surface area contributed by atoms with E-state index in [0.29, 0.717) is 10.7 Å². The lowest BCUT2D eigenvalue weighted by molar-refractivity contribution is 0.102. The smallest absolute Gasteiger partial charge is 0.255 e. The first-order valence-corrected chi connectivity index (χ1v) is 6.85. The highest BCUT2D eigenvalue weighted by Gasteiger charge is 2.11. The molecule has 0 unspecified atom stereocenters. The lowest BCUT2D eigenvalue weighted by Gasteiger charge is -2.18. The highest BCUT2D eigenvalue weighted by Crippen LogP contribution is 2.19. The molecule has 1 aliphatic rings. The summed E-state index contributed by atoms with van der Waals surface area (Å²) >= 11 is 5.79. The molecule has 1 aromatic heterocycles. The molecule has 4 nitrogen and oxygen atoms in total. The maximum Gasteiger partial charge on any atom is 0.255 e. The fraction of sp³-hybridized carbons (Fsp3) is 0.200. The number of hydrogen-bond donors (Lipinski definition) is 2. The van der Waals surface area contributed by atoms with Crippen LogP contribution < -0.4 is 10.6 Å². The predicted octanol–water partition coefficient (Wildman–Crippen LogP) is 2.63. The van der Waals surface area contributed by atoms with Crippen LogP contribution in [0.3, 0.4) is 0 Å². The second-order valence-electron chi connectivity index (χ2n) is 4.73. The third kappa shape index (κ3) is 2.81. The van der Waals surface area contributed by atoms with E-state index in [4.69, 9.17) is 11.6 Å². The van der Waals surface area contributed by atoms with E-state index >= 15 is 0 Å². The van der Waals surface area contributed by atoms with Crippen molar-refractivity contribution >= 4 is 23.2 Å². The number of nitrogens with one attached hydrogen (secondary N) is 2. The van der Waals surface area contributed by atoms with Gasteiger partial charge >= 0.3 is 0 Å². The van der Waals surface area contributed by atoms with E-state index in [9.17, 15) is 4.79 Å². The zero-order chi connectivity index (χ0) is 13.9. The number of amides is 1. The summed E-state index contributed by atoms with van der Waals surface area (Å²) in [4.78, 5) is 16.0. The first kappa shape index (κ1) is 13.1. The van der Waals surface area contributed by atoms with Crippen LogP contribution in [-0.2, 0) is 13.0 Å². The fourth-order valence-corrected chi connectivity index (χ4v) is 2.48. The molecular formula is C15H14ClN3O. The summed E-state index contributed by atoms with van der Waals surface area (Å²) in [5.74, 6) is -0.182. The molecule has 2 aromatic rings. The highest BCUT2D eigenvalue weighted by molar-refractivity contribution is 6.29. The van der Waals surface area contributed by atoms with E-state index in [2.05, 4.69) is 21.7 Å². The summed E-state index contributed by atoms with van der Waals surface area (Å²) in [7, 11) is 0. The number of fused-ring (bicyclic) bond motifs is 1. The van der Waals surface area contributed by atoms with Gasteiger partial charge in [-0.05, 0) is 48.4 Å². The molecule has 20 heavy (non-hydrogen) atoms. The Morgan fingerprint density at radius 3 is 3.00 bits per heavy atom. The van der Waals surface area contributed by atoms with Crippen LogP contribution in [0.1, 0.15) is 21.5 Å². The van der Waals surface area contributed by atoms with Gasteiger partial charge in [0.05, 0.1) is 0 Å². The lowest BCUT2D eigenvalue weighted by atomic mass is 10.0. The molecule has 102 valence electrons. The van der Waals surface area contributed by atoms with Crippen LogP contribution in [0.4, 0.5) is 5.69 Å². The number of pyridine rings is 1. The Balaban J connectivity index is 1.79. The summed E-state index contributed by atoms with van der Waals surface area (Å²) < 4.78 is 0. The van der Waals surface area contributed by atoms with Crippen molar-refractivity contribution in [1.29, 1.82) is 0 Å². The van der Waals surface area contributed by atoms with Crippen molar-refractivity contribution in [2.45, 2.75) is 13.0 Å². The van der Waals surface area contributed by atoms with E-state index in [1.807, 2.05) is 12.1 Å². The van der Waals surface area contributed by atoms with Crippen LogP contribution in [0.2, 0.25) is 5.15 Å². The minimum absolute atomic E-state index is 0.182. The number of benzene rings is 1. The number of rotatable bonds is 2. The largest absolute Gasteiger partial charge is 0.322 e. The predicted molar refractivity (Wildman–Crippen MR) is 79.1 cm³/mol. The monoisotopic (exact) mass is 287 g/mol. The number of aromatic nitrogens is 1. The Morgan fingerprint density at radius 1 is 1.25 bits per heavy atom. The number of nitrogens with zero attached hydrogens (tertiary/aromatic N) is 1. The zero-order valence-electron chi connectivity index (χ0n) is 10.8. The zero-order valence-corrected chi connectivity index (χ0v) is 11.6. The number of hydrogen-bond acceptors (Lipinski definition) is 3. The third-order valence-electron chi connectivity index (χ3n) is 3.34. The molecule has 1 aliphatic heterocycles. The molecule has 0 saturated heterocycles. The van der Waals surface area contributed by atoms with Gasteiger partial charge in [-0.1, -0.05) is 17.7 Å². The summed E-state index contributed by atoms with van der Waals surface area (Å²) in [6, 6.07) is 9.22. The summed E-state index contributed by atoms with van der Waals surface area (Å²) in [6.45, 7) is 1.86. The molecule has 2 N–H and O–H groups in total. The molecule has 0 radical (unpaired) electrons. The first-order chi connectivity index (χ1) is 9.72. The van der Waals surface area contributed by atoms with Gasteiger partial charge in [-0.15, -0.1) is 0 Å². The minimum Gasteiger partial charge on any atom is -0.322 e. The molecule has 5 heteroatoms. The van der Waals surface area contributed by atoms with Crippen molar-refractivity contribution in [3.8, 4) is 0 Å². The minimum atomic E-state index is -0.182. The topological polar surface area (TPSA) is 54.0 Å². The van der Waals surface area contributed by atoms with Gasteiger partial charge in [-0.2, -0.15) is 0 Å². The van der Waals surface area contributed by atoms with E-state index < -0.39 is 0 Å². The van der Waals surface area contributed by atoms with Crippen LogP contribution in [0.15, 0.2) is 36.5 Å². The van der Waals surface area contributed by atoms with Gasteiger partial charge in [0.15, 0.2) is 0 Å². The Hall–Kier alpha value is -1.91. The normalized spacial score (nSPS) is 13.7. The van der Waals surface area contributed by atoms with Crippen molar-refractivity contribution in [1.82, 2.24) is 10.3 Å². The second-order valence-corrected chi connectivity index (χ2v) is 5.12. The van der Waals surface area contributed by atoms with Gasteiger partial charge in [-0.3, -0.25) is 4.79 Å². The molecule has 0 saturated carbocycles. The van der Waals surface area contributed by atoms with Crippen LogP contribution in [0.5, 0.6) is 0 Å². The fourth-order valence-electron chi connectivity index (χ4n) is 2.31. The van der Waals surface area contributed by atoms with Gasteiger partial charge in [0, 0.05) is 24.0 Å². The van der Waals surface area contributed by atoms with Crippen LogP contribution in [0, 0.1) is 0 Å². The van der Waals surface area contributed by atoms with E-state index in [1.165, 1.54) is 17.3 Å². The average Bonchev–Trinajstić information content (AvgIpc) is 2.47. The van der Waals surface area contributed by atoms with Crippen molar-refractivity contribution in [3.05, 3.63) is 58.4 Å². The number of anilines is 1. The Morgan fingerprint density at radius 2 is 2.15 bits per heavy atom. The Labute approximate surface area is 122 Å². The van der Waals surface area contributed by atoms with Crippen molar-refractivity contribution in [3.63, 3.8) is 0 Å². The van der Waals surface area contributed by atoms with Crippen LogP contribution in [0.25, 0.3) is 0 Å². The molecule has 2 heterocycles. The Kier molecular flexibility index (Phi) is 3.67. The lowest BCUT2D eigenvalue weighted by Crippen LogP contribution is -2.23. The molecule has 0 bridgehead atoms. The maximum absolute atomic E-state index is 12.1. The van der Waals surface area contributed by atoms with Gasteiger partial charge in [0.25, 0.3) is 5.91 Å². The summed E-state index contributed by atoms with van der Waals surface area (Å²) in [6.07, 6.45) is 2.55. The second kappa shape index (κ2) is 5.61.